The zero-order valence-electron chi connectivity index (χ0n) is 15.6. The number of aryl methyl sites for hydroxylation is 1. The Morgan fingerprint density at radius 2 is 1.71 bits per heavy atom. The number of nitrogens with one attached hydrogen (secondary N) is 2. The van der Waals surface area contributed by atoms with Gasteiger partial charge in [-0.1, -0.05) is 37.3 Å². The number of hydrogen-bond donors (Lipinski definition) is 2. The molecule has 0 unspecified atom stereocenters. The Balaban J connectivity index is 1.58. The predicted octanol–water partition coefficient (Wildman–Crippen LogP) is 4.25. The van der Waals surface area contributed by atoms with Gasteiger partial charge < -0.3 is 19.8 Å². The highest BCUT2D eigenvalue weighted by molar-refractivity contribution is 5.98. The van der Waals surface area contributed by atoms with Crippen LogP contribution in [-0.4, -0.2) is 18.5 Å². The van der Waals surface area contributed by atoms with Gasteiger partial charge in [-0.25, -0.2) is 4.79 Å². The van der Waals surface area contributed by atoms with E-state index in [-0.39, 0.29) is 12.5 Å². The zero-order chi connectivity index (χ0) is 19.8. The van der Waals surface area contributed by atoms with Gasteiger partial charge in [0.2, 0.25) is 0 Å². The molecule has 2 N–H and O–H groups in total. The third-order valence-electron chi connectivity index (χ3n) is 4.19. The van der Waals surface area contributed by atoms with Crippen LogP contribution < -0.4 is 10.6 Å². The van der Waals surface area contributed by atoms with Crippen molar-refractivity contribution >= 4 is 23.3 Å². The van der Waals surface area contributed by atoms with Crippen molar-refractivity contribution < 1.29 is 18.7 Å². The summed E-state index contributed by atoms with van der Waals surface area (Å²) in [7, 11) is 0. The maximum atomic E-state index is 12.4. The van der Waals surface area contributed by atoms with E-state index < -0.39 is 5.97 Å². The van der Waals surface area contributed by atoms with Gasteiger partial charge >= 0.3 is 5.97 Å². The Kier molecular flexibility index (Phi) is 6.46. The lowest BCUT2D eigenvalue weighted by Crippen LogP contribution is -2.22. The number of esters is 1. The van der Waals surface area contributed by atoms with E-state index in [1.807, 2.05) is 43.3 Å². The van der Waals surface area contributed by atoms with Crippen LogP contribution in [0.4, 0.5) is 11.4 Å². The van der Waals surface area contributed by atoms with Gasteiger partial charge in [0, 0.05) is 11.4 Å². The average Bonchev–Trinajstić information content (AvgIpc) is 3.25. The molecule has 0 fully saturated rings. The van der Waals surface area contributed by atoms with Crippen LogP contribution in [0.5, 0.6) is 0 Å². The molecule has 0 atom stereocenters. The minimum Gasteiger partial charge on any atom is -0.467 e. The highest BCUT2D eigenvalue weighted by atomic mass is 16.5. The van der Waals surface area contributed by atoms with Crippen molar-refractivity contribution in [2.45, 2.75) is 19.9 Å². The van der Waals surface area contributed by atoms with Gasteiger partial charge in [-0.2, -0.15) is 0 Å². The molecule has 0 saturated carbocycles. The number of furan rings is 1. The fourth-order valence-corrected chi connectivity index (χ4v) is 2.76. The minimum absolute atomic E-state index is 0.357. The summed E-state index contributed by atoms with van der Waals surface area (Å²) in [5, 5.41) is 5.93. The normalized spacial score (nSPS) is 10.3. The van der Waals surface area contributed by atoms with Crippen LogP contribution in [0.3, 0.4) is 0 Å². The standard InChI is InChI=1S/C22H22N2O4/c1-2-16-8-3-5-11-19(16)24-21(25)15-28-22(26)18-10-4-6-12-20(18)23-14-17-9-7-13-27-17/h3-13,23H,2,14-15H2,1H3,(H,24,25). The first-order chi connectivity index (χ1) is 13.7. The molecule has 1 aromatic heterocycles. The molecule has 2 aromatic carbocycles. The molecule has 144 valence electrons. The third-order valence-corrected chi connectivity index (χ3v) is 4.19. The molecule has 3 aromatic rings. The summed E-state index contributed by atoms with van der Waals surface area (Å²) in [5.74, 6) is -0.200. The molecular formula is C22H22N2O4. The van der Waals surface area contributed by atoms with Gasteiger partial charge in [-0.05, 0) is 42.3 Å². The van der Waals surface area contributed by atoms with Crippen LogP contribution in [-0.2, 0) is 22.5 Å². The molecule has 6 nitrogen and oxygen atoms in total. The monoisotopic (exact) mass is 378 g/mol. The van der Waals surface area contributed by atoms with E-state index in [4.69, 9.17) is 9.15 Å². The van der Waals surface area contributed by atoms with E-state index in [1.54, 1.807) is 30.5 Å². The fourth-order valence-electron chi connectivity index (χ4n) is 2.76. The summed E-state index contributed by atoms with van der Waals surface area (Å²) in [6, 6.07) is 18.2. The molecule has 0 spiro atoms. The van der Waals surface area contributed by atoms with E-state index in [0.717, 1.165) is 23.4 Å². The van der Waals surface area contributed by atoms with Crippen molar-refractivity contribution in [1.82, 2.24) is 0 Å². The van der Waals surface area contributed by atoms with Gasteiger partial charge in [-0.15, -0.1) is 0 Å². The van der Waals surface area contributed by atoms with Crippen LogP contribution in [0.1, 0.15) is 28.6 Å². The molecule has 0 aliphatic heterocycles. The van der Waals surface area contributed by atoms with Gasteiger partial charge in [0.05, 0.1) is 18.4 Å². The molecule has 6 heteroatoms. The molecule has 0 saturated heterocycles. The lowest BCUT2D eigenvalue weighted by molar-refractivity contribution is -0.119. The van der Waals surface area contributed by atoms with Crippen molar-refractivity contribution in [3.63, 3.8) is 0 Å². The second kappa shape index (κ2) is 9.41. The second-order valence-corrected chi connectivity index (χ2v) is 6.11. The largest absolute Gasteiger partial charge is 0.467 e. The van der Waals surface area contributed by atoms with Gasteiger partial charge in [-0.3, -0.25) is 4.79 Å². The van der Waals surface area contributed by atoms with Crippen molar-refractivity contribution in [3.05, 3.63) is 83.8 Å². The highest BCUT2D eigenvalue weighted by Gasteiger charge is 2.15. The zero-order valence-corrected chi connectivity index (χ0v) is 15.6. The molecule has 0 aliphatic rings. The SMILES string of the molecule is CCc1ccccc1NC(=O)COC(=O)c1ccccc1NCc1ccco1. The number of hydrogen-bond acceptors (Lipinski definition) is 5. The Morgan fingerprint density at radius 3 is 2.46 bits per heavy atom. The van der Waals surface area contributed by atoms with Gasteiger partial charge in [0.15, 0.2) is 6.61 Å². The topological polar surface area (TPSA) is 80.6 Å². The number of rotatable bonds is 8. The Morgan fingerprint density at radius 1 is 0.964 bits per heavy atom. The van der Waals surface area contributed by atoms with E-state index in [2.05, 4.69) is 10.6 Å². The Bertz CT molecular complexity index is 935. The number of amides is 1. The molecule has 28 heavy (non-hydrogen) atoms. The number of carbonyl (C=O) groups is 2. The lowest BCUT2D eigenvalue weighted by atomic mass is 10.1. The summed E-state index contributed by atoms with van der Waals surface area (Å²) >= 11 is 0. The van der Waals surface area contributed by atoms with E-state index in [0.29, 0.717) is 17.8 Å². The molecular weight excluding hydrogens is 356 g/mol. The molecule has 0 aliphatic carbocycles. The summed E-state index contributed by atoms with van der Waals surface area (Å²) < 4.78 is 10.5. The molecule has 1 amide bonds. The van der Waals surface area contributed by atoms with Crippen LogP contribution >= 0.6 is 0 Å². The number of anilines is 2. The third kappa shape index (κ3) is 5.01. The predicted molar refractivity (Wildman–Crippen MR) is 107 cm³/mol. The van der Waals surface area contributed by atoms with Crippen molar-refractivity contribution in [2.75, 3.05) is 17.2 Å². The number of benzene rings is 2. The van der Waals surface area contributed by atoms with Crippen LogP contribution in [0.15, 0.2) is 71.3 Å². The maximum Gasteiger partial charge on any atom is 0.340 e. The average molecular weight is 378 g/mol. The van der Waals surface area contributed by atoms with Crippen molar-refractivity contribution in [1.29, 1.82) is 0 Å². The summed E-state index contributed by atoms with van der Waals surface area (Å²) in [6.45, 7) is 2.09. The van der Waals surface area contributed by atoms with Crippen molar-refractivity contribution in [2.24, 2.45) is 0 Å². The first-order valence-corrected chi connectivity index (χ1v) is 9.07. The number of para-hydroxylation sites is 2. The number of ether oxygens (including phenoxy) is 1. The van der Waals surface area contributed by atoms with Gasteiger partial charge in [0.25, 0.3) is 5.91 Å². The molecule has 0 bridgehead atoms. The Labute approximate surface area is 163 Å². The quantitative estimate of drug-likeness (QED) is 0.573. The lowest BCUT2D eigenvalue weighted by Gasteiger charge is -2.12. The second-order valence-electron chi connectivity index (χ2n) is 6.11. The molecule has 0 radical (unpaired) electrons. The van der Waals surface area contributed by atoms with Crippen LogP contribution in [0.25, 0.3) is 0 Å². The fraction of sp³-hybridized carbons (Fsp3) is 0.182. The Hall–Kier alpha value is -3.54. The van der Waals surface area contributed by atoms with Crippen LogP contribution in [0.2, 0.25) is 0 Å². The van der Waals surface area contributed by atoms with E-state index >= 15 is 0 Å². The summed E-state index contributed by atoms with van der Waals surface area (Å²) in [5.41, 5.74) is 2.72. The summed E-state index contributed by atoms with van der Waals surface area (Å²) in [6.07, 6.45) is 2.39. The van der Waals surface area contributed by atoms with Crippen LogP contribution in [0, 0.1) is 0 Å². The maximum absolute atomic E-state index is 12.4. The first-order valence-electron chi connectivity index (χ1n) is 9.07. The summed E-state index contributed by atoms with van der Waals surface area (Å²) in [4.78, 5) is 24.6. The number of carbonyl (C=O) groups excluding carboxylic acids is 2. The minimum atomic E-state index is -0.568. The smallest absolute Gasteiger partial charge is 0.340 e. The van der Waals surface area contributed by atoms with E-state index in [9.17, 15) is 9.59 Å². The molecule has 3 rings (SSSR count). The highest BCUT2D eigenvalue weighted by Crippen LogP contribution is 2.18. The van der Waals surface area contributed by atoms with Gasteiger partial charge in [0.1, 0.15) is 5.76 Å². The first kappa shape index (κ1) is 19.2. The van der Waals surface area contributed by atoms with Crippen molar-refractivity contribution in [3.8, 4) is 0 Å². The van der Waals surface area contributed by atoms with E-state index in [1.165, 1.54) is 0 Å². The molecule has 1 heterocycles.